The summed E-state index contributed by atoms with van der Waals surface area (Å²) in [5.41, 5.74) is -0.902. The van der Waals surface area contributed by atoms with Crippen LogP contribution in [0.2, 0.25) is 5.02 Å². The highest BCUT2D eigenvalue weighted by atomic mass is 35.5. The van der Waals surface area contributed by atoms with Crippen LogP contribution in [0.1, 0.15) is 31.2 Å². The quantitative estimate of drug-likeness (QED) is 0.422. The lowest BCUT2D eigenvalue weighted by molar-refractivity contribution is -0.137. The number of nitrogens with zero attached hydrogens (tertiary/aromatic N) is 3. The van der Waals surface area contributed by atoms with E-state index < -0.39 is 11.7 Å². The number of ether oxygens (including phenoxy) is 1. The summed E-state index contributed by atoms with van der Waals surface area (Å²) in [4.78, 5) is 10.4. The van der Waals surface area contributed by atoms with Crippen molar-refractivity contribution in [3.8, 4) is 5.88 Å². The molecule has 0 radical (unpaired) electrons. The number of guanidine groups is 1. The van der Waals surface area contributed by atoms with Crippen molar-refractivity contribution in [2.24, 2.45) is 4.99 Å². The predicted octanol–water partition coefficient (Wildman–Crippen LogP) is 2.92. The Bertz CT molecular complexity index is 688. The first-order valence-corrected chi connectivity index (χ1v) is 9.81. The van der Waals surface area contributed by atoms with Crippen LogP contribution in [0.3, 0.4) is 0 Å². The molecule has 2 heterocycles. The van der Waals surface area contributed by atoms with E-state index >= 15 is 0 Å². The van der Waals surface area contributed by atoms with Gasteiger partial charge >= 0.3 is 6.18 Å². The first kappa shape index (κ1) is 21.0. The molecule has 0 atom stereocenters. The zero-order valence-corrected chi connectivity index (χ0v) is 16.5. The Labute approximate surface area is 167 Å². The van der Waals surface area contributed by atoms with Gasteiger partial charge in [-0.1, -0.05) is 11.6 Å². The lowest BCUT2D eigenvalue weighted by atomic mass is 10.1. The smallest absolute Gasteiger partial charge is 0.417 e. The van der Waals surface area contributed by atoms with E-state index in [0.29, 0.717) is 24.7 Å². The molecule has 10 heteroatoms. The summed E-state index contributed by atoms with van der Waals surface area (Å²) in [5, 5.41) is 6.38. The highest BCUT2D eigenvalue weighted by molar-refractivity contribution is 6.31. The number of alkyl halides is 3. The summed E-state index contributed by atoms with van der Waals surface area (Å²) in [5.74, 6) is 0.659. The topological polar surface area (TPSA) is 61.8 Å². The minimum Gasteiger partial charge on any atom is -0.475 e. The van der Waals surface area contributed by atoms with Crippen LogP contribution in [-0.4, -0.2) is 61.2 Å². The zero-order valence-electron chi connectivity index (χ0n) is 15.7. The van der Waals surface area contributed by atoms with Gasteiger partial charge in [0, 0.05) is 38.4 Å². The third-order valence-electron chi connectivity index (χ3n) is 4.93. The molecule has 1 saturated carbocycles. The van der Waals surface area contributed by atoms with Crippen LogP contribution < -0.4 is 15.4 Å². The first-order valence-electron chi connectivity index (χ1n) is 9.43. The van der Waals surface area contributed by atoms with E-state index in [1.54, 1.807) is 7.05 Å². The zero-order chi connectivity index (χ0) is 20.1. The summed E-state index contributed by atoms with van der Waals surface area (Å²) in [6.07, 6.45) is 1.06. The van der Waals surface area contributed by atoms with Gasteiger partial charge in [0.1, 0.15) is 11.6 Å². The standard InChI is InChI=1S/C18H25ClF3N5O/c1-23-17(26-13-4-7-27(8-5-13)14-2-3-14)24-6-9-28-16-15(19)10-12(11-25-16)18(20,21)22/h10-11,13-14H,2-9H2,1H3,(H2,23,24,26). The largest absolute Gasteiger partial charge is 0.475 e. The molecule has 0 bridgehead atoms. The molecule has 0 amide bonds. The molecule has 2 N–H and O–H groups in total. The van der Waals surface area contributed by atoms with Crippen molar-refractivity contribution in [3.63, 3.8) is 0 Å². The van der Waals surface area contributed by atoms with E-state index in [0.717, 1.165) is 38.0 Å². The number of pyridine rings is 1. The molecular weight excluding hydrogens is 395 g/mol. The van der Waals surface area contributed by atoms with Gasteiger partial charge in [0.2, 0.25) is 5.88 Å². The fourth-order valence-electron chi connectivity index (χ4n) is 3.24. The van der Waals surface area contributed by atoms with Crippen molar-refractivity contribution in [3.05, 3.63) is 22.8 Å². The summed E-state index contributed by atoms with van der Waals surface area (Å²) in [6, 6.07) is 2.00. The highest BCUT2D eigenvalue weighted by Gasteiger charge is 2.32. The van der Waals surface area contributed by atoms with E-state index in [-0.39, 0.29) is 17.5 Å². The van der Waals surface area contributed by atoms with Crippen molar-refractivity contribution in [1.82, 2.24) is 20.5 Å². The number of halogens is 4. The number of rotatable bonds is 6. The summed E-state index contributed by atoms with van der Waals surface area (Å²) in [6.45, 7) is 2.83. The normalized spacial score (nSPS) is 19.5. The summed E-state index contributed by atoms with van der Waals surface area (Å²) in [7, 11) is 1.70. The molecule has 1 aliphatic heterocycles. The van der Waals surface area contributed by atoms with Crippen LogP contribution in [0.4, 0.5) is 13.2 Å². The average Bonchev–Trinajstić information content (AvgIpc) is 3.50. The fraction of sp³-hybridized carbons (Fsp3) is 0.667. The minimum atomic E-state index is -4.48. The molecule has 6 nitrogen and oxygen atoms in total. The predicted molar refractivity (Wildman–Crippen MR) is 102 cm³/mol. The second-order valence-electron chi connectivity index (χ2n) is 7.04. The van der Waals surface area contributed by atoms with E-state index in [1.807, 2.05) is 0 Å². The number of hydrogen-bond donors (Lipinski definition) is 2. The summed E-state index contributed by atoms with van der Waals surface area (Å²) >= 11 is 5.82. The molecule has 28 heavy (non-hydrogen) atoms. The number of hydrogen-bond acceptors (Lipinski definition) is 4. The lowest BCUT2D eigenvalue weighted by Gasteiger charge is -2.33. The number of piperidine rings is 1. The van der Waals surface area contributed by atoms with Crippen molar-refractivity contribution in [2.75, 3.05) is 33.3 Å². The van der Waals surface area contributed by atoms with Gasteiger partial charge in [-0.05, 0) is 31.7 Å². The van der Waals surface area contributed by atoms with Crippen LogP contribution in [-0.2, 0) is 6.18 Å². The molecule has 2 aliphatic rings. The van der Waals surface area contributed by atoms with E-state index in [2.05, 4.69) is 25.5 Å². The number of aromatic nitrogens is 1. The van der Waals surface area contributed by atoms with Gasteiger partial charge in [0.25, 0.3) is 0 Å². The monoisotopic (exact) mass is 419 g/mol. The SMILES string of the molecule is CN=C(NCCOc1ncc(C(F)(F)F)cc1Cl)NC1CCN(C2CC2)CC1. The van der Waals surface area contributed by atoms with Crippen LogP contribution in [0.15, 0.2) is 17.3 Å². The molecule has 1 aliphatic carbocycles. The van der Waals surface area contributed by atoms with Gasteiger partial charge in [-0.3, -0.25) is 4.99 Å². The average molecular weight is 420 g/mol. The van der Waals surface area contributed by atoms with Crippen molar-refractivity contribution < 1.29 is 17.9 Å². The highest BCUT2D eigenvalue weighted by Crippen LogP contribution is 2.33. The molecule has 0 unspecified atom stereocenters. The molecule has 2 fully saturated rings. The van der Waals surface area contributed by atoms with Crippen molar-refractivity contribution >= 4 is 17.6 Å². The van der Waals surface area contributed by atoms with Crippen LogP contribution >= 0.6 is 11.6 Å². The molecule has 1 aromatic heterocycles. The summed E-state index contributed by atoms with van der Waals surface area (Å²) < 4.78 is 43.2. The molecule has 0 spiro atoms. The van der Waals surface area contributed by atoms with Gasteiger partial charge in [-0.15, -0.1) is 0 Å². The number of nitrogens with one attached hydrogen (secondary N) is 2. The van der Waals surface area contributed by atoms with E-state index in [1.165, 1.54) is 12.8 Å². The molecule has 0 aromatic carbocycles. The van der Waals surface area contributed by atoms with Gasteiger partial charge in [-0.25, -0.2) is 4.98 Å². The Hall–Kier alpha value is -1.74. The second kappa shape index (κ2) is 9.17. The first-order chi connectivity index (χ1) is 13.4. The Morgan fingerprint density at radius 2 is 2.04 bits per heavy atom. The van der Waals surface area contributed by atoms with Gasteiger partial charge in [-0.2, -0.15) is 13.2 Å². The lowest BCUT2D eigenvalue weighted by Crippen LogP contribution is -2.49. The minimum absolute atomic E-state index is 0.0214. The third kappa shape index (κ3) is 5.88. The molecular formula is C18H25ClF3N5O. The fourth-order valence-corrected chi connectivity index (χ4v) is 3.46. The van der Waals surface area contributed by atoms with Crippen LogP contribution in [0.5, 0.6) is 5.88 Å². The second-order valence-corrected chi connectivity index (χ2v) is 7.45. The Kier molecular flexibility index (Phi) is 6.87. The Morgan fingerprint density at radius 1 is 1.32 bits per heavy atom. The number of aliphatic imine (C=N–C) groups is 1. The maximum Gasteiger partial charge on any atom is 0.417 e. The Balaban J connectivity index is 1.38. The van der Waals surface area contributed by atoms with Crippen LogP contribution in [0.25, 0.3) is 0 Å². The number of likely N-dealkylation sites (tertiary alicyclic amines) is 1. The van der Waals surface area contributed by atoms with E-state index in [4.69, 9.17) is 16.3 Å². The third-order valence-corrected chi connectivity index (χ3v) is 5.20. The molecule has 156 valence electrons. The van der Waals surface area contributed by atoms with Crippen molar-refractivity contribution in [1.29, 1.82) is 0 Å². The van der Waals surface area contributed by atoms with Crippen molar-refractivity contribution in [2.45, 2.75) is 43.9 Å². The van der Waals surface area contributed by atoms with Gasteiger partial charge in [0.05, 0.1) is 12.1 Å². The van der Waals surface area contributed by atoms with E-state index in [9.17, 15) is 13.2 Å². The molecule has 1 saturated heterocycles. The van der Waals surface area contributed by atoms with Gasteiger partial charge < -0.3 is 20.3 Å². The molecule has 3 rings (SSSR count). The molecule has 1 aromatic rings. The van der Waals surface area contributed by atoms with Crippen LogP contribution in [0, 0.1) is 0 Å². The maximum absolute atomic E-state index is 12.6. The Morgan fingerprint density at radius 3 is 2.61 bits per heavy atom. The van der Waals surface area contributed by atoms with Gasteiger partial charge in [0.15, 0.2) is 5.96 Å². The maximum atomic E-state index is 12.6.